The first kappa shape index (κ1) is 12.3. The van der Waals surface area contributed by atoms with Gasteiger partial charge < -0.3 is 15.0 Å². The molecule has 1 aliphatic carbocycles. The molecule has 1 aromatic heterocycles. The number of rotatable bonds is 3. The van der Waals surface area contributed by atoms with E-state index in [1.165, 1.54) is 16.8 Å². The lowest BCUT2D eigenvalue weighted by atomic mass is 10.2. The third-order valence-electron chi connectivity index (χ3n) is 3.14. The number of carboxylic acids is 1. The summed E-state index contributed by atoms with van der Waals surface area (Å²) in [6.45, 7) is 1.72. The number of amides is 1. The fraction of sp³-hybridized carbons (Fsp3) is 0.417. The summed E-state index contributed by atoms with van der Waals surface area (Å²) in [4.78, 5) is 33.8. The van der Waals surface area contributed by atoms with Crippen LogP contribution >= 0.6 is 0 Å². The fourth-order valence-electron chi connectivity index (χ4n) is 1.84. The Morgan fingerprint density at radius 1 is 1.44 bits per heavy atom. The summed E-state index contributed by atoms with van der Waals surface area (Å²) >= 11 is 0. The Bertz CT molecular complexity index is 576. The van der Waals surface area contributed by atoms with Crippen molar-refractivity contribution < 1.29 is 14.7 Å². The lowest BCUT2D eigenvalue weighted by molar-refractivity contribution is -0.139. The highest BCUT2D eigenvalue weighted by Crippen LogP contribution is 2.39. The molecule has 1 aromatic rings. The summed E-state index contributed by atoms with van der Waals surface area (Å²) in [6, 6.07) is 1.43. The highest BCUT2D eigenvalue weighted by Gasteiger charge is 2.48. The first-order chi connectivity index (χ1) is 8.40. The molecule has 1 heterocycles. The van der Waals surface area contributed by atoms with E-state index in [9.17, 15) is 14.4 Å². The highest BCUT2D eigenvalue weighted by molar-refractivity contribution is 5.98. The van der Waals surface area contributed by atoms with Crippen LogP contribution in [0.3, 0.4) is 0 Å². The van der Waals surface area contributed by atoms with Crippen molar-refractivity contribution in [2.45, 2.75) is 13.3 Å². The van der Waals surface area contributed by atoms with E-state index in [1.54, 1.807) is 14.0 Å². The van der Waals surface area contributed by atoms with Crippen molar-refractivity contribution in [1.82, 2.24) is 4.57 Å². The molecule has 18 heavy (non-hydrogen) atoms. The summed E-state index contributed by atoms with van der Waals surface area (Å²) in [6.07, 6.45) is 1.92. The van der Waals surface area contributed by atoms with Crippen molar-refractivity contribution in [2.75, 3.05) is 5.32 Å². The molecule has 0 spiro atoms. The normalized spacial score (nSPS) is 21.4. The van der Waals surface area contributed by atoms with Gasteiger partial charge in [0.25, 0.3) is 5.56 Å². The predicted octanol–water partition coefficient (Wildman–Crippen LogP) is 0.353. The molecule has 0 bridgehead atoms. The number of carboxylic acid groups (broad SMARTS) is 1. The van der Waals surface area contributed by atoms with Crippen LogP contribution in [0.4, 0.5) is 5.69 Å². The quantitative estimate of drug-likeness (QED) is 0.810. The Kier molecular flexibility index (Phi) is 2.94. The zero-order valence-corrected chi connectivity index (χ0v) is 10.1. The number of carbonyl (C=O) groups is 2. The summed E-state index contributed by atoms with van der Waals surface area (Å²) in [5.74, 6) is -2.27. The maximum atomic E-state index is 11.8. The number of nitrogens with one attached hydrogen (secondary N) is 1. The number of aromatic nitrogens is 1. The van der Waals surface area contributed by atoms with Gasteiger partial charge >= 0.3 is 5.97 Å². The molecule has 1 amide bonds. The van der Waals surface area contributed by atoms with Gasteiger partial charge in [-0.15, -0.1) is 0 Å². The molecule has 1 fully saturated rings. The van der Waals surface area contributed by atoms with Crippen LogP contribution in [0, 0.1) is 18.8 Å². The third-order valence-corrected chi connectivity index (χ3v) is 3.14. The van der Waals surface area contributed by atoms with Gasteiger partial charge in [0.05, 0.1) is 17.5 Å². The van der Waals surface area contributed by atoms with Gasteiger partial charge in [0.15, 0.2) is 0 Å². The summed E-state index contributed by atoms with van der Waals surface area (Å²) < 4.78 is 1.37. The topological polar surface area (TPSA) is 88.4 Å². The standard InChI is InChI=1S/C12H14N2O4/c1-6-3-10(15)14(2)5-9(6)13-11(16)7-4-8(7)12(17)18/h3,5,7-8H,4H2,1-2H3,(H,13,16)(H,17,18)/t7-,8+/m0/s1. The van der Waals surface area contributed by atoms with Gasteiger partial charge in [0.2, 0.25) is 5.91 Å². The van der Waals surface area contributed by atoms with Crippen molar-refractivity contribution in [3.05, 3.63) is 28.2 Å². The Morgan fingerprint density at radius 3 is 2.67 bits per heavy atom. The van der Waals surface area contributed by atoms with Gasteiger partial charge in [-0.3, -0.25) is 14.4 Å². The number of hydrogen-bond donors (Lipinski definition) is 2. The van der Waals surface area contributed by atoms with E-state index < -0.39 is 17.8 Å². The molecule has 1 saturated carbocycles. The van der Waals surface area contributed by atoms with Crippen LogP contribution in [0.2, 0.25) is 0 Å². The van der Waals surface area contributed by atoms with Gasteiger partial charge in [0.1, 0.15) is 0 Å². The molecular weight excluding hydrogens is 236 g/mol. The molecular formula is C12H14N2O4. The number of aliphatic carboxylic acids is 1. The minimum Gasteiger partial charge on any atom is -0.481 e. The largest absolute Gasteiger partial charge is 0.481 e. The maximum Gasteiger partial charge on any atom is 0.307 e. The SMILES string of the molecule is Cc1cc(=O)n(C)cc1NC(=O)[C@H]1C[C@H]1C(=O)O. The number of pyridine rings is 1. The smallest absolute Gasteiger partial charge is 0.307 e. The average Bonchev–Trinajstić information content (AvgIpc) is 3.05. The van der Waals surface area contributed by atoms with Crippen molar-refractivity contribution >= 4 is 17.6 Å². The van der Waals surface area contributed by atoms with Crippen LogP contribution in [0.1, 0.15) is 12.0 Å². The van der Waals surface area contributed by atoms with E-state index in [0.29, 0.717) is 17.7 Å². The van der Waals surface area contributed by atoms with Crippen molar-refractivity contribution in [3.63, 3.8) is 0 Å². The first-order valence-corrected chi connectivity index (χ1v) is 5.61. The number of hydrogen-bond acceptors (Lipinski definition) is 3. The monoisotopic (exact) mass is 250 g/mol. The molecule has 6 nitrogen and oxygen atoms in total. The Morgan fingerprint density at radius 2 is 2.11 bits per heavy atom. The Balaban J connectivity index is 2.11. The van der Waals surface area contributed by atoms with Gasteiger partial charge in [0, 0.05) is 19.3 Å². The minimum atomic E-state index is -0.938. The second-order valence-corrected chi connectivity index (χ2v) is 4.60. The van der Waals surface area contributed by atoms with Gasteiger partial charge in [-0.2, -0.15) is 0 Å². The van der Waals surface area contributed by atoms with Crippen LogP contribution < -0.4 is 10.9 Å². The first-order valence-electron chi connectivity index (χ1n) is 5.61. The van der Waals surface area contributed by atoms with E-state index in [4.69, 9.17) is 5.11 Å². The van der Waals surface area contributed by atoms with Crippen LogP contribution in [0.15, 0.2) is 17.1 Å². The van der Waals surface area contributed by atoms with Crippen molar-refractivity contribution in [3.8, 4) is 0 Å². The zero-order valence-electron chi connectivity index (χ0n) is 10.1. The van der Waals surface area contributed by atoms with Crippen LogP contribution in [-0.2, 0) is 16.6 Å². The molecule has 0 unspecified atom stereocenters. The summed E-state index contributed by atoms with van der Waals surface area (Å²) in [5, 5.41) is 11.4. The van der Waals surface area contributed by atoms with Crippen LogP contribution in [0.5, 0.6) is 0 Å². The van der Waals surface area contributed by atoms with E-state index >= 15 is 0 Å². The molecule has 0 saturated heterocycles. The lowest BCUT2D eigenvalue weighted by Crippen LogP contribution is -2.21. The molecule has 2 atom stereocenters. The zero-order chi connectivity index (χ0) is 13.4. The van der Waals surface area contributed by atoms with E-state index in [2.05, 4.69) is 5.32 Å². The van der Waals surface area contributed by atoms with E-state index in [-0.39, 0.29) is 11.5 Å². The second-order valence-electron chi connectivity index (χ2n) is 4.60. The van der Waals surface area contributed by atoms with E-state index in [1.807, 2.05) is 0 Å². The maximum absolute atomic E-state index is 11.8. The minimum absolute atomic E-state index is 0.152. The Hall–Kier alpha value is -2.11. The van der Waals surface area contributed by atoms with Crippen molar-refractivity contribution in [2.24, 2.45) is 18.9 Å². The number of aryl methyl sites for hydroxylation is 2. The Labute approximate surface area is 103 Å². The fourth-order valence-corrected chi connectivity index (χ4v) is 1.84. The lowest BCUT2D eigenvalue weighted by Gasteiger charge is -2.09. The predicted molar refractivity (Wildman–Crippen MR) is 64.3 cm³/mol. The average molecular weight is 250 g/mol. The van der Waals surface area contributed by atoms with Crippen LogP contribution in [0.25, 0.3) is 0 Å². The molecule has 0 aliphatic heterocycles. The molecule has 6 heteroatoms. The number of nitrogens with zero attached hydrogens (tertiary/aromatic N) is 1. The van der Waals surface area contributed by atoms with Crippen LogP contribution in [-0.4, -0.2) is 21.6 Å². The summed E-state index contributed by atoms with van der Waals surface area (Å²) in [5.41, 5.74) is 1.05. The molecule has 2 rings (SSSR count). The van der Waals surface area contributed by atoms with E-state index in [0.717, 1.165) is 0 Å². The number of carbonyl (C=O) groups excluding carboxylic acids is 1. The summed E-state index contributed by atoms with van der Waals surface area (Å²) in [7, 11) is 1.59. The third kappa shape index (κ3) is 2.27. The van der Waals surface area contributed by atoms with Gasteiger partial charge in [-0.05, 0) is 18.9 Å². The molecule has 2 N–H and O–H groups in total. The number of anilines is 1. The second kappa shape index (κ2) is 4.29. The van der Waals surface area contributed by atoms with Crippen molar-refractivity contribution in [1.29, 1.82) is 0 Å². The molecule has 1 aliphatic rings. The van der Waals surface area contributed by atoms with Gasteiger partial charge in [-0.25, -0.2) is 0 Å². The molecule has 0 aromatic carbocycles. The molecule has 0 radical (unpaired) electrons. The molecule has 96 valence electrons. The van der Waals surface area contributed by atoms with Gasteiger partial charge in [-0.1, -0.05) is 0 Å². The highest BCUT2D eigenvalue weighted by atomic mass is 16.4.